The lowest BCUT2D eigenvalue weighted by Gasteiger charge is -2.40. The monoisotopic (exact) mass is 290 g/mol. The van der Waals surface area contributed by atoms with Crippen molar-refractivity contribution in [3.05, 3.63) is 35.1 Å². The first-order chi connectivity index (χ1) is 10.1. The van der Waals surface area contributed by atoms with E-state index in [1.807, 2.05) is 0 Å². The summed E-state index contributed by atoms with van der Waals surface area (Å²) in [5.41, 5.74) is 5.50. The molecule has 0 bridgehead atoms. The molecule has 4 nitrogen and oxygen atoms in total. The van der Waals surface area contributed by atoms with Crippen LogP contribution in [0.4, 0.5) is 4.39 Å². The molecule has 0 saturated heterocycles. The van der Waals surface area contributed by atoms with E-state index in [1.165, 1.54) is 12.1 Å². The van der Waals surface area contributed by atoms with Gasteiger partial charge in [-0.2, -0.15) is 0 Å². The number of amides is 1. The van der Waals surface area contributed by atoms with Crippen LogP contribution in [-0.4, -0.2) is 31.7 Å². The molecule has 112 valence electrons. The fourth-order valence-corrected chi connectivity index (χ4v) is 2.29. The SMILES string of the molecule is COC1(CNC(=O)c2ccc(C#CCN)cc2F)CCC1. The third-order valence-electron chi connectivity index (χ3n) is 3.82. The standard InChI is InChI=1S/C16H19FN2O2/c1-21-16(7-3-8-16)11-19-15(20)13-6-5-12(4-2-9-18)10-14(13)17/h5-6,10H,3,7-9,11,18H2,1H3,(H,19,20). The van der Waals surface area contributed by atoms with E-state index >= 15 is 0 Å². The number of benzene rings is 1. The molecule has 0 heterocycles. The molecule has 0 unspecified atom stereocenters. The molecule has 1 aliphatic carbocycles. The van der Waals surface area contributed by atoms with Crippen molar-refractivity contribution in [3.8, 4) is 11.8 Å². The number of hydrogen-bond acceptors (Lipinski definition) is 3. The fraction of sp³-hybridized carbons (Fsp3) is 0.438. The Morgan fingerprint density at radius 2 is 2.29 bits per heavy atom. The maximum atomic E-state index is 13.9. The number of nitrogens with two attached hydrogens (primary N) is 1. The van der Waals surface area contributed by atoms with Crippen molar-refractivity contribution in [2.45, 2.75) is 24.9 Å². The number of halogens is 1. The lowest BCUT2D eigenvalue weighted by molar-refractivity contribution is -0.0679. The third-order valence-corrected chi connectivity index (χ3v) is 3.82. The predicted octanol–water partition coefficient (Wildman–Crippen LogP) is 1.43. The quantitative estimate of drug-likeness (QED) is 0.825. The lowest BCUT2D eigenvalue weighted by Crippen LogP contribution is -2.49. The van der Waals surface area contributed by atoms with E-state index in [4.69, 9.17) is 10.5 Å². The average Bonchev–Trinajstić information content (AvgIpc) is 2.44. The van der Waals surface area contributed by atoms with Gasteiger partial charge in [0.2, 0.25) is 0 Å². The first-order valence-electron chi connectivity index (χ1n) is 6.92. The van der Waals surface area contributed by atoms with E-state index in [1.54, 1.807) is 13.2 Å². The Labute approximate surface area is 123 Å². The van der Waals surface area contributed by atoms with Gasteiger partial charge < -0.3 is 15.8 Å². The molecule has 1 aromatic carbocycles. The molecule has 1 aliphatic rings. The predicted molar refractivity (Wildman–Crippen MR) is 78.3 cm³/mol. The van der Waals surface area contributed by atoms with Gasteiger partial charge in [-0.1, -0.05) is 11.8 Å². The molecule has 1 fully saturated rings. The molecule has 2 rings (SSSR count). The molecule has 21 heavy (non-hydrogen) atoms. The summed E-state index contributed by atoms with van der Waals surface area (Å²) in [6.45, 7) is 0.611. The van der Waals surface area contributed by atoms with Crippen LogP contribution in [0, 0.1) is 17.7 Å². The molecule has 0 aromatic heterocycles. The van der Waals surface area contributed by atoms with Gasteiger partial charge in [-0.05, 0) is 37.5 Å². The highest BCUT2D eigenvalue weighted by Gasteiger charge is 2.37. The summed E-state index contributed by atoms with van der Waals surface area (Å²) in [7, 11) is 1.64. The van der Waals surface area contributed by atoms with Gasteiger partial charge in [-0.15, -0.1) is 0 Å². The Bertz CT molecular complexity index is 580. The van der Waals surface area contributed by atoms with Crippen LogP contribution in [0.3, 0.4) is 0 Å². The van der Waals surface area contributed by atoms with Gasteiger partial charge in [0.1, 0.15) is 5.82 Å². The van der Waals surface area contributed by atoms with Crippen LogP contribution in [-0.2, 0) is 4.74 Å². The molecule has 0 aliphatic heterocycles. The van der Waals surface area contributed by atoms with E-state index in [9.17, 15) is 9.18 Å². The molecule has 5 heteroatoms. The summed E-state index contributed by atoms with van der Waals surface area (Å²) in [5, 5.41) is 2.74. The number of hydrogen-bond donors (Lipinski definition) is 2. The number of carbonyl (C=O) groups is 1. The first-order valence-corrected chi connectivity index (χ1v) is 6.92. The van der Waals surface area contributed by atoms with Gasteiger partial charge in [-0.3, -0.25) is 4.79 Å². The normalized spacial score (nSPS) is 15.6. The zero-order valence-electron chi connectivity index (χ0n) is 12.0. The maximum absolute atomic E-state index is 13.9. The summed E-state index contributed by atoms with van der Waals surface area (Å²) in [6, 6.07) is 4.29. The molecule has 3 N–H and O–H groups in total. The zero-order valence-corrected chi connectivity index (χ0v) is 12.0. The van der Waals surface area contributed by atoms with Crippen LogP contribution in [0.5, 0.6) is 0 Å². The second-order valence-corrected chi connectivity index (χ2v) is 5.12. The molecule has 1 amide bonds. The Hall–Kier alpha value is -1.90. The molecular weight excluding hydrogens is 271 g/mol. The highest BCUT2D eigenvalue weighted by molar-refractivity contribution is 5.94. The van der Waals surface area contributed by atoms with Crippen molar-refractivity contribution in [2.75, 3.05) is 20.2 Å². The number of rotatable bonds is 4. The van der Waals surface area contributed by atoms with Crippen LogP contribution in [0.25, 0.3) is 0 Å². The molecule has 1 saturated carbocycles. The summed E-state index contributed by atoms with van der Waals surface area (Å²) >= 11 is 0. The van der Waals surface area contributed by atoms with Gasteiger partial charge in [0.25, 0.3) is 5.91 Å². The van der Waals surface area contributed by atoms with E-state index in [2.05, 4.69) is 17.2 Å². The smallest absolute Gasteiger partial charge is 0.254 e. The van der Waals surface area contributed by atoms with Crippen LogP contribution < -0.4 is 11.1 Å². The highest BCUT2D eigenvalue weighted by Crippen LogP contribution is 2.34. The molecule has 0 atom stereocenters. The van der Waals surface area contributed by atoms with Gasteiger partial charge in [0, 0.05) is 19.2 Å². The Morgan fingerprint density at radius 3 is 2.81 bits per heavy atom. The minimum Gasteiger partial charge on any atom is -0.376 e. The Morgan fingerprint density at radius 1 is 1.52 bits per heavy atom. The second kappa shape index (κ2) is 6.70. The summed E-state index contributed by atoms with van der Waals surface area (Å²) in [5.74, 6) is 4.35. The fourth-order valence-electron chi connectivity index (χ4n) is 2.29. The van der Waals surface area contributed by atoms with Gasteiger partial charge in [-0.25, -0.2) is 4.39 Å². The maximum Gasteiger partial charge on any atom is 0.254 e. The average molecular weight is 290 g/mol. The zero-order chi connectivity index (χ0) is 15.3. The molecule has 0 radical (unpaired) electrons. The largest absolute Gasteiger partial charge is 0.376 e. The summed E-state index contributed by atoms with van der Waals surface area (Å²) in [6.07, 6.45) is 2.92. The van der Waals surface area contributed by atoms with E-state index in [0.717, 1.165) is 19.3 Å². The van der Waals surface area contributed by atoms with Crippen molar-refractivity contribution in [1.29, 1.82) is 0 Å². The summed E-state index contributed by atoms with van der Waals surface area (Å²) < 4.78 is 19.3. The third kappa shape index (κ3) is 3.60. The molecule has 1 aromatic rings. The van der Waals surface area contributed by atoms with Crippen molar-refractivity contribution >= 4 is 5.91 Å². The van der Waals surface area contributed by atoms with Gasteiger partial charge in [0.15, 0.2) is 0 Å². The molecular formula is C16H19FN2O2. The van der Waals surface area contributed by atoms with Crippen molar-refractivity contribution in [2.24, 2.45) is 5.73 Å². The van der Waals surface area contributed by atoms with Crippen molar-refractivity contribution < 1.29 is 13.9 Å². The Balaban J connectivity index is 2.02. The van der Waals surface area contributed by atoms with Crippen molar-refractivity contribution in [1.82, 2.24) is 5.32 Å². The Kier molecular flexibility index (Phi) is 4.94. The number of nitrogens with one attached hydrogen (secondary N) is 1. The number of methoxy groups -OCH3 is 1. The molecule has 0 spiro atoms. The number of ether oxygens (including phenoxy) is 1. The van der Waals surface area contributed by atoms with Gasteiger partial charge >= 0.3 is 0 Å². The minimum absolute atomic E-state index is 0.0128. The lowest BCUT2D eigenvalue weighted by atomic mass is 9.80. The van der Waals surface area contributed by atoms with Crippen LogP contribution in [0.15, 0.2) is 18.2 Å². The van der Waals surface area contributed by atoms with E-state index < -0.39 is 11.7 Å². The summed E-state index contributed by atoms with van der Waals surface area (Å²) in [4.78, 5) is 12.0. The van der Waals surface area contributed by atoms with Crippen molar-refractivity contribution in [3.63, 3.8) is 0 Å². The van der Waals surface area contributed by atoms with Gasteiger partial charge in [0.05, 0.1) is 17.7 Å². The second-order valence-electron chi connectivity index (χ2n) is 5.12. The topological polar surface area (TPSA) is 64.3 Å². The first kappa shape index (κ1) is 15.5. The van der Waals surface area contributed by atoms with E-state index in [0.29, 0.717) is 12.1 Å². The van der Waals surface area contributed by atoms with Crippen LogP contribution >= 0.6 is 0 Å². The van der Waals surface area contributed by atoms with E-state index in [-0.39, 0.29) is 17.7 Å². The van der Waals surface area contributed by atoms with Crippen LogP contribution in [0.2, 0.25) is 0 Å². The number of carbonyl (C=O) groups excluding carboxylic acids is 1. The minimum atomic E-state index is -0.587. The highest BCUT2D eigenvalue weighted by atomic mass is 19.1. The van der Waals surface area contributed by atoms with Crippen LogP contribution in [0.1, 0.15) is 35.2 Å².